The number of carbonyl (C=O) groups is 2. The Bertz CT molecular complexity index is 433. The molecule has 0 aliphatic carbocycles. The first-order valence-electron chi connectivity index (χ1n) is 4.63. The highest BCUT2D eigenvalue weighted by atomic mass is 32.2. The van der Waals surface area contributed by atoms with Gasteiger partial charge in [0.2, 0.25) is 16.2 Å². The Balaban J connectivity index is 2.08. The lowest BCUT2D eigenvalue weighted by Gasteiger charge is -2.10. The van der Waals surface area contributed by atoms with E-state index >= 15 is 0 Å². The van der Waals surface area contributed by atoms with Crippen LogP contribution in [-0.4, -0.2) is 33.0 Å². The van der Waals surface area contributed by atoms with Gasteiger partial charge >= 0.3 is 0 Å². The van der Waals surface area contributed by atoms with E-state index in [-0.39, 0.29) is 16.3 Å². The molecule has 1 aliphatic heterocycles. The molecule has 2 heterocycles. The smallest absolute Gasteiger partial charge is 0.230 e. The number of hydrogen-bond acceptors (Lipinski definition) is 7. The number of nitrogens with zero attached hydrogens (tertiary/aromatic N) is 3. The number of nitrogens with two attached hydrogens (primary N) is 1. The van der Waals surface area contributed by atoms with Crippen LogP contribution in [0.2, 0.25) is 0 Å². The summed E-state index contributed by atoms with van der Waals surface area (Å²) in [6, 6.07) is 0. The Labute approximate surface area is 100 Å². The molecule has 1 aromatic rings. The van der Waals surface area contributed by atoms with E-state index in [1.165, 1.54) is 34.9 Å². The minimum atomic E-state index is -0.0325. The van der Waals surface area contributed by atoms with Crippen molar-refractivity contribution in [3.05, 3.63) is 0 Å². The molecule has 1 aromatic heterocycles. The van der Waals surface area contributed by atoms with E-state index in [0.29, 0.717) is 23.2 Å². The van der Waals surface area contributed by atoms with Crippen LogP contribution in [0.3, 0.4) is 0 Å². The second-order valence-electron chi connectivity index (χ2n) is 3.36. The molecule has 1 amide bonds. The minimum absolute atomic E-state index is 0.00937. The van der Waals surface area contributed by atoms with Crippen molar-refractivity contribution in [3.8, 4) is 0 Å². The van der Waals surface area contributed by atoms with Crippen LogP contribution in [-0.2, 0) is 9.59 Å². The Kier molecular flexibility index (Phi) is 3.10. The van der Waals surface area contributed by atoms with Crippen molar-refractivity contribution in [3.63, 3.8) is 0 Å². The van der Waals surface area contributed by atoms with Crippen LogP contribution in [0.5, 0.6) is 0 Å². The van der Waals surface area contributed by atoms with Crippen molar-refractivity contribution in [2.24, 2.45) is 0 Å². The summed E-state index contributed by atoms with van der Waals surface area (Å²) < 4.78 is 0. The molecule has 8 heteroatoms. The fraction of sp³-hybridized carbons (Fsp3) is 0.500. The van der Waals surface area contributed by atoms with Gasteiger partial charge in [-0.05, 0) is 0 Å². The summed E-state index contributed by atoms with van der Waals surface area (Å²) in [4.78, 5) is 24.2. The highest BCUT2D eigenvalue weighted by Crippen LogP contribution is 2.30. The van der Waals surface area contributed by atoms with Gasteiger partial charge < -0.3 is 5.73 Å². The van der Waals surface area contributed by atoms with Gasteiger partial charge in [0.1, 0.15) is 0 Å². The fourth-order valence-electron chi connectivity index (χ4n) is 1.51. The summed E-state index contributed by atoms with van der Waals surface area (Å²) in [6.07, 6.45) is 0.365. The molecule has 1 saturated heterocycles. The molecule has 0 spiro atoms. The molecule has 1 unspecified atom stereocenters. The zero-order chi connectivity index (χ0) is 11.7. The zero-order valence-electron chi connectivity index (χ0n) is 8.54. The molecule has 0 bridgehead atoms. The van der Waals surface area contributed by atoms with E-state index in [1.54, 1.807) is 0 Å². The molecule has 2 rings (SSSR count). The molecular weight excluding hydrogens is 248 g/mol. The number of amides is 1. The topological polar surface area (TPSA) is 89.2 Å². The second-order valence-corrected chi connectivity index (χ2v) is 5.83. The number of thioether (sulfide) groups is 1. The molecule has 0 saturated carbocycles. The van der Waals surface area contributed by atoms with Crippen LogP contribution in [0.15, 0.2) is 0 Å². The first kappa shape index (κ1) is 11.3. The maximum Gasteiger partial charge on any atom is 0.230 e. The SMILES string of the molecule is CC(=O)SC1CC(=O)N(c2nnc(N)s2)C1. The highest BCUT2D eigenvalue weighted by molar-refractivity contribution is 8.14. The van der Waals surface area contributed by atoms with Gasteiger partial charge in [0.25, 0.3) is 0 Å². The third kappa shape index (κ3) is 2.33. The lowest BCUT2D eigenvalue weighted by atomic mass is 10.4. The van der Waals surface area contributed by atoms with Crippen LogP contribution in [0.1, 0.15) is 13.3 Å². The first-order chi connectivity index (χ1) is 7.56. The van der Waals surface area contributed by atoms with Crippen molar-refractivity contribution < 1.29 is 9.59 Å². The van der Waals surface area contributed by atoms with E-state index in [9.17, 15) is 9.59 Å². The Morgan fingerprint density at radius 2 is 2.38 bits per heavy atom. The number of carbonyl (C=O) groups excluding carboxylic acids is 2. The molecule has 2 N–H and O–H groups in total. The van der Waals surface area contributed by atoms with Crippen molar-refractivity contribution >= 4 is 44.4 Å². The first-order valence-corrected chi connectivity index (χ1v) is 6.32. The molecule has 86 valence electrons. The zero-order valence-corrected chi connectivity index (χ0v) is 10.2. The summed E-state index contributed by atoms with van der Waals surface area (Å²) in [5.74, 6) is -0.0325. The lowest BCUT2D eigenvalue weighted by molar-refractivity contribution is -0.117. The van der Waals surface area contributed by atoms with Crippen molar-refractivity contribution in [2.45, 2.75) is 18.6 Å². The van der Waals surface area contributed by atoms with Crippen LogP contribution < -0.4 is 10.6 Å². The highest BCUT2D eigenvalue weighted by Gasteiger charge is 2.33. The average Bonchev–Trinajstić information content (AvgIpc) is 2.72. The maximum atomic E-state index is 11.7. The van der Waals surface area contributed by atoms with Gasteiger partial charge in [0, 0.05) is 25.1 Å². The molecule has 1 atom stereocenters. The average molecular weight is 258 g/mol. The van der Waals surface area contributed by atoms with Crippen molar-refractivity contribution in [2.75, 3.05) is 17.2 Å². The van der Waals surface area contributed by atoms with Gasteiger partial charge in [-0.2, -0.15) is 0 Å². The van der Waals surface area contributed by atoms with Gasteiger partial charge in [-0.25, -0.2) is 0 Å². The van der Waals surface area contributed by atoms with Crippen molar-refractivity contribution in [1.29, 1.82) is 0 Å². The predicted molar refractivity (Wildman–Crippen MR) is 63.4 cm³/mol. The molecular formula is C8H10N4O2S2. The monoisotopic (exact) mass is 258 g/mol. The van der Waals surface area contributed by atoms with Crippen LogP contribution in [0.25, 0.3) is 0 Å². The van der Waals surface area contributed by atoms with E-state index in [4.69, 9.17) is 5.73 Å². The van der Waals surface area contributed by atoms with Gasteiger partial charge in [0.05, 0.1) is 0 Å². The second kappa shape index (κ2) is 4.38. The quantitative estimate of drug-likeness (QED) is 0.831. The van der Waals surface area contributed by atoms with Gasteiger partial charge in [-0.3, -0.25) is 14.5 Å². The minimum Gasteiger partial charge on any atom is -0.374 e. The number of rotatable bonds is 2. The summed E-state index contributed by atoms with van der Waals surface area (Å²) >= 11 is 2.37. The molecule has 1 fully saturated rings. The summed E-state index contributed by atoms with van der Waals surface area (Å²) in [6.45, 7) is 2.00. The summed E-state index contributed by atoms with van der Waals surface area (Å²) in [5, 5.41) is 8.36. The standard InChI is InChI=1S/C8H10N4O2S2/c1-4(13)15-5-2-6(14)12(3-5)8-11-10-7(9)16-8/h5H,2-3H2,1H3,(H2,9,10). The third-order valence-corrected chi connectivity index (χ3v) is 3.84. The predicted octanol–water partition coefficient (Wildman–Crippen LogP) is 0.505. The molecule has 0 aromatic carbocycles. The van der Waals surface area contributed by atoms with E-state index in [1.807, 2.05) is 0 Å². The van der Waals surface area contributed by atoms with Crippen molar-refractivity contribution in [1.82, 2.24) is 10.2 Å². The number of hydrogen-bond donors (Lipinski definition) is 1. The van der Waals surface area contributed by atoms with Gasteiger partial charge in [-0.15, -0.1) is 10.2 Å². The Hall–Kier alpha value is -1.15. The Morgan fingerprint density at radius 3 is 2.94 bits per heavy atom. The summed E-state index contributed by atoms with van der Waals surface area (Å²) in [7, 11) is 0. The van der Waals surface area contributed by atoms with E-state index in [0.717, 1.165) is 0 Å². The van der Waals surface area contributed by atoms with Crippen LogP contribution >= 0.6 is 23.1 Å². The number of aromatic nitrogens is 2. The van der Waals surface area contributed by atoms with Gasteiger partial charge in [0.15, 0.2) is 5.12 Å². The molecule has 1 aliphatic rings. The molecule has 6 nitrogen and oxygen atoms in total. The molecule has 0 radical (unpaired) electrons. The van der Waals surface area contributed by atoms with Crippen LogP contribution in [0, 0.1) is 0 Å². The Morgan fingerprint density at radius 1 is 1.62 bits per heavy atom. The number of nitrogen functional groups attached to an aromatic ring is 1. The van der Waals surface area contributed by atoms with E-state index in [2.05, 4.69) is 10.2 Å². The number of anilines is 2. The largest absolute Gasteiger partial charge is 0.374 e. The molecule has 16 heavy (non-hydrogen) atoms. The summed E-state index contributed by atoms with van der Waals surface area (Å²) in [5.41, 5.74) is 5.45. The maximum absolute atomic E-state index is 11.7. The van der Waals surface area contributed by atoms with Crippen LogP contribution in [0.4, 0.5) is 10.3 Å². The fourth-order valence-corrected chi connectivity index (χ4v) is 3.06. The van der Waals surface area contributed by atoms with Gasteiger partial charge in [-0.1, -0.05) is 23.1 Å². The van der Waals surface area contributed by atoms with E-state index < -0.39 is 0 Å². The lowest BCUT2D eigenvalue weighted by Crippen LogP contribution is -2.24. The third-order valence-electron chi connectivity index (χ3n) is 2.08. The normalized spacial score (nSPS) is 20.4.